The summed E-state index contributed by atoms with van der Waals surface area (Å²) in [4.78, 5) is 1.85. The van der Waals surface area contributed by atoms with Gasteiger partial charge in [-0.2, -0.15) is 0 Å². The van der Waals surface area contributed by atoms with Crippen molar-refractivity contribution in [1.29, 1.82) is 0 Å². The molecule has 3 heteroatoms. The van der Waals surface area contributed by atoms with Crippen LogP contribution in [0.15, 0.2) is 185 Å². The maximum atomic E-state index is 9.56. The van der Waals surface area contributed by atoms with Crippen LogP contribution in [-0.4, -0.2) is 0 Å². The van der Waals surface area contributed by atoms with Gasteiger partial charge in [-0.05, 0) is 88.3 Å². The third-order valence-electron chi connectivity index (χ3n) is 9.34. The first kappa shape index (κ1) is 23.7. The van der Waals surface area contributed by atoms with Gasteiger partial charge in [0.1, 0.15) is 22.3 Å². The first-order valence-corrected chi connectivity index (χ1v) is 16.3. The lowest BCUT2D eigenvalue weighted by atomic mass is 10.0. The summed E-state index contributed by atoms with van der Waals surface area (Å²) in [5.74, 6) is 0. The Balaban J connectivity index is 1.22. The van der Waals surface area contributed by atoms with E-state index in [-0.39, 0.29) is 35.4 Å². The molecule has 0 radical (unpaired) electrons. The SMILES string of the molecule is [2H]c1c([2H])c(N(c2ccc(-c3ccccc3)cc2)c2cccc3oc4c5ccccc5ccc4c23)c([2H])c([2H])c1-c1ccc2oc3ccccc3c2c1. The first-order valence-electron chi connectivity index (χ1n) is 18.3. The van der Waals surface area contributed by atoms with Crippen molar-refractivity contribution in [2.24, 2.45) is 0 Å². The second-order valence-corrected chi connectivity index (χ2v) is 12.2. The molecule has 0 saturated carbocycles. The van der Waals surface area contributed by atoms with E-state index < -0.39 is 0 Å². The summed E-state index contributed by atoms with van der Waals surface area (Å²) in [5, 5.41) is 5.54. The Kier molecular flexibility index (Phi) is 5.32. The molecule has 3 nitrogen and oxygen atoms in total. The molecule has 10 aromatic rings. The van der Waals surface area contributed by atoms with E-state index in [1.165, 1.54) is 0 Å². The number of nitrogens with zero attached hydrogens (tertiary/aromatic N) is 1. The van der Waals surface area contributed by atoms with Gasteiger partial charge in [-0.1, -0.05) is 115 Å². The molecule has 0 fully saturated rings. The number of rotatable bonds is 5. The minimum absolute atomic E-state index is 0.130. The number of para-hydroxylation sites is 1. The summed E-state index contributed by atoms with van der Waals surface area (Å²) in [6.07, 6.45) is 0. The molecule has 0 aliphatic rings. The van der Waals surface area contributed by atoms with Crippen molar-refractivity contribution >= 4 is 71.7 Å². The number of benzene rings is 8. The van der Waals surface area contributed by atoms with Gasteiger partial charge in [-0.15, -0.1) is 0 Å². The van der Waals surface area contributed by atoms with Crippen molar-refractivity contribution in [3.63, 3.8) is 0 Å². The third-order valence-corrected chi connectivity index (χ3v) is 9.34. The number of hydrogen-bond donors (Lipinski definition) is 0. The molecule has 2 aromatic heterocycles. The Morgan fingerprint density at radius 3 is 1.96 bits per heavy atom. The molecule has 0 spiro atoms. The molecule has 8 aromatic carbocycles. The third kappa shape index (κ3) is 4.51. The van der Waals surface area contributed by atoms with Crippen LogP contribution in [0.25, 0.3) is 76.9 Å². The van der Waals surface area contributed by atoms with Gasteiger partial charge >= 0.3 is 0 Å². The molecule has 0 bridgehead atoms. The number of anilines is 3. The van der Waals surface area contributed by atoms with E-state index in [9.17, 15) is 5.48 Å². The fourth-order valence-corrected chi connectivity index (χ4v) is 6.99. The molecule has 0 aliphatic heterocycles. The van der Waals surface area contributed by atoms with Gasteiger partial charge in [0.2, 0.25) is 0 Å². The Morgan fingerprint density at radius 1 is 0.408 bits per heavy atom. The average Bonchev–Trinajstić information content (AvgIpc) is 3.78. The van der Waals surface area contributed by atoms with Crippen LogP contribution < -0.4 is 4.90 Å². The number of furan rings is 2. The van der Waals surface area contributed by atoms with Crippen LogP contribution in [0.3, 0.4) is 0 Å². The lowest BCUT2D eigenvalue weighted by Crippen LogP contribution is -2.10. The highest BCUT2D eigenvalue weighted by molar-refractivity contribution is 6.19. The Morgan fingerprint density at radius 2 is 1.10 bits per heavy atom. The fraction of sp³-hybridized carbons (Fsp3) is 0. The van der Waals surface area contributed by atoms with E-state index in [0.717, 1.165) is 54.6 Å². The normalized spacial score (nSPS) is 12.8. The smallest absolute Gasteiger partial charge is 0.143 e. The van der Waals surface area contributed by atoms with E-state index in [4.69, 9.17) is 8.83 Å². The second-order valence-electron chi connectivity index (χ2n) is 12.2. The topological polar surface area (TPSA) is 29.5 Å². The molecular weight excluding hydrogens is 599 g/mol. The van der Waals surface area contributed by atoms with Crippen LogP contribution in [0, 0.1) is 0 Å². The maximum absolute atomic E-state index is 9.56. The molecule has 230 valence electrons. The molecular formula is C46H29NO2. The molecule has 49 heavy (non-hydrogen) atoms. The van der Waals surface area contributed by atoms with Gasteiger partial charge in [0, 0.05) is 32.9 Å². The minimum atomic E-state index is -0.152. The summed E-state index contributed by atoms with van der Waals surface area (Å²) in [7, 11) is 0. The molecule has 10 rings (SSSR count). The van der Waals surface area contributed by atoms with Crippen molar-refractivity contribution in [1.82, 2.24) is 0 Å². The summed E-state index contributed by atoms with van der Waals surface area (Å²) in [6.45, 7) is 0. The van der Waals surface area contributed by atoms with Crippen molar-refractivity contribution in [3.8, 4) is 22.3 Å². The first-order chi connectivity index (χ1) is 26.0. The monoisotopic (exact) mass is 631 g/mol. The lowest BCUT2D eigenvalue weighted by Gasteiger charge is -2.26. The molecule has 0 aliphatic carbocycles. The van der Waals surface area contributed by atoms with Gasteiger partial charge in [0.25, 0.3) is 0 Å². The van der Waals surface area contributed by atoms with Crippen LogP contribution in [-0.2, 0) is 0 Å². The van der Waals surface area contributed by atoms with E-state index in [2.05, 4.69) is 30.3 Å². The van der Waals surface area contributed by atoms with E-state index in [1.54, 1.807) is 6.07 Å². The van der Waals surface area contributed by atoms with Crippen molar-refractivity contribution in [2.75, 3.05) is 4.90 Å². The molecule has 0 atom stereocenters. The largest absolute Gasteiger partial charge is 0.456 e. The van der Waals surface area contributed by atoms with Crippen LogP contribution in [0.1, 0.15) is 5.48 Å². The van der Waals surface area contributed by atoms with Gasteiger partial charge in [0.05, 0.1) is 16.6 Å². The van der Waals surface area contributed by atoms with Gasteiger partial charge < -0.3 is 13.7 Å². The van der Waals surface area contributed by atoms with Crippen molar-refractivity contribution < 1.29 is 14.3 Å². The Labute approximate surface area is 288 Å². The predicted octanol–water partition coefficient (Wildman–Crippen LogP) is 13.4. The summed E-state index contributed by atoms with van der Waals surface area (Å²) in [6, 6.07) is 48.8. The maximum Gasteiger partial charge on any atom is 0.143 e. The van der Waals surface area contributed by atoms with Gasteiger partial charge in [-0.25, -0.2) is 0 Å². The summed E-state index contributed by atoms with van der Waals surface area (Å²) in [5.41, 5.74) is 7.27. The molecule has 0 unspecified atom stereocenters. The zero-order valence-electron chi connectivity index (χ0n) is 30.2. The predicted molar refractivity (Wildman–Crippen MR) is 204 cm³/mol. The molecule has 0 saturated heterocycles. The summed E-state index contributed by atoms with van der Waals surface area (Å²) >= 11 is 0. The quantitative estimate of drug-likeness (QED) is 0.189. The van der Waals surface area contributed by atoms with Crippen molar-refractivity contribution in [2.45, 2.75) is 0 Å². The van der Waals surface area contributed by atoms with Crippen molar-refractivity contribution in [3.05, 3.63) is 176 Å². The van der Waals surface area contributed by atoms with Crippen LogP contribution in [0.2, 0.25) is 0 Å². The molecule has 0 N–H and O–H groups in total. The highest BCUT2D eigenvalue weighted by Crippen LogP contribution is 2.45. The standard InChI is InChI=1S/C46H29NO2/c1-2-9-30(10-3-1)31-17-23-35(24-18-31)47(41-14-8-16-44-45(41)39-27-21-33-11-4-5-12-37(33)46(39)49-44)36-25-19-32(20-26-36)34-22-28-43-40(29-34)38-13-6-7-15-42(38)48-43/h1-29H/i19D,20D,25D,26D. The lowest BCUT2D eigenvalue weighted by molar-refractivity contribution is 0.669. The zero-order chi connectivity index (χ0) is 35.8. The molecule has 2 heterocycles. The molecule has 0 amide bonds. The highest BCUT2D eigenvalue weighted by atomic mass is 16.3. The minimum Gasteiger partial charge on any atom is -0.456 e. The number of fused-ring (bicyclic) bond motifs is 8. The average molecular weight is 632 g/mol. The van der Waals surface area contributed by atoms with Crippen LogP contribution >= 0.6 is 0 Å². The van der Waals surface area contributed by atoms with Crippen LogP contribution in [0.5, 0.6) is 0 Å². The zero-order valence-corrected chi connectivity index (χ0v) is 26.2. The van der Waals surface area contributed by atoms with E-state index >= 15 is 0 Å². The van der Waals surface area contributed by atoms with Crippen LogP contribution in [0.4, 0.5) is 17.1 Å². The second kappa shape index (κ2) is 11.0. The summed E-state index contributed by atoms with van der Waals surface area (Å²) < 4.78 is 50.5. The van der Waals surface area contributed by atoms with E-state index in [0.29, 0.717) is 28.1 Å². The Bertz CT molecular complexity index is 3030. The van der Waals surface area contributed by atoms with Gasteiger partial charge in [-0.3, -0.25) is 0 Å². The van der Waals surface area contributed by atoms with Gasteiger partial charge in [0.15, 0.2) is 0 Å². The fourth-order valence-electron chi connectivity index (χ4n) is 6.99. The van der Waals surface area contributed by atoms with E-state index in [1.807, 2.05) is 120 Å². The Hall–Kier alpha value is -6.58. The highest BCUT2D eigenvalue weighted by Gasteiger charge is 2.20. The number of hydrogen-bond acceptors (Lipinski definition) is 3.